The standard InChI is InChI=1S/C21H27NO4/c1-2-12-22-14-18(24)15-26-21-13-17(23)9-10-19(21)20(25)11-8-16-6-4-3-5-7-16/h3-7,9-10,13,18,22-24H,2,8,11-12,14-15H2,1H3/i14D2,15D2,18D. The maximum atomic E-state index is 12.7. The van der Waals surface area contributed by atoms with Crippen LogP contribution >= 0.6 is 0 Å². The average molecular weight is 362 g/mol. The summed E-state index contributed by atoms with van der Waals surface area (Å²) in [6.45, 7) is -4.28. The number of nitrogens with one attached hydrogen (secondary N) is 1. The van der Waals surface area contributed by atoms with Crippen LogP contribution in [0.3, 0.4) is 0 Å². The molecule has 140 valence electrons. The molecule has 0 saturated carbocycles. The predicted molar refractivity (Wildman–Crippen MR) is 102 cm³/mol. The van der Waals surface area contributed by atoms with Crippen molar-refractivity contribution in [1.82, 2.24) is 5.32 Å². The van der Waals surface area contributed by atoms with Crippen molar-refractivity contribution in [1.29, 1.82) is 0 Å². The number of phenols is 1. The van der Waals surface area contributed by atoms with Gasteiger partial charge in [0.05, 0.1) is 9.68 Å². The fourth-order valence-corrected chi connectivity index (χ4v) is 2.26. The van der Waals surface area contributed by atoms with Crippen LogP contribution < -0.4 is 10.1 Å². The van der Waals surface area contributed by atoms with E-state index in [0.717, 1.165) is 11.6 Å². The van der Waals surface area contributed by atoms with Crippen LogP contribution in [0.25, 0.3) is 0 Å². The van der Waals surface area contributed by atoms with Crippen LogP contribution in [0.15, 0.2) is 48.5 Å². The van der Waals surface area contributed by atoms with Gasteiger partial charge in [0, 0.05) is 21.7 Å². The van der Waals surface area contributed by atoms with Gasteiger partial charge in [-0.1, -0.05) is 37.3 Å². The minimum Gasteiger partial charge on any atom is -0.508 e. The Balaban J connectivity index is 2.27. The van der Waals surface area contributed by atoms with Gasteiger partial charge in [0.2, 0.25) is 0 Å². The number of Topliss-reactive ketones (excluding diaryl/α,β-unsaturated/α-hetero) is 1. The molecule has 0 spiro atoms. The SMILES string of the molecule is [2H]C([2H])(NCCC)C([2H])(O)C([2H])([2H])Oc1cc(O)ccc1C(=O)CCc1ccccc1. The molecule has 0 radical (unpaired) electrons. The highest BCUT2D eigenvalue weighted by molar-refractivity contribution is 5.99. The molecule has 0 fully saturated rings. The first-order valence-electron chi connectivity index (χ1n) is 11.0. The summed E-state index contributed by atoms with van der Waals surface area (Å²) in [6.07, 6.45) is -2.37. The van der Waals surface area contributed by atoms with E-state index >= 15 is 0 Å². The molecule has 2 aromatic rings. The van der Waals surface area contributed by atoms with Gasteiger partial charge >= 0.3 is 0 Å². The van der Waals surface area contributed by atoms with Gasteiger partial charge < -0.3 is 20.3 Å². The van der Waals surface area contributed by atoms with Gasteiger partial charge in [0.15, 0.2) is 5.78 Å². The van der Waals surface area contributed by atoms with Crippen molar-refractivity contribution in [2.24, 2.45) is 0 Å². The number of rotatable bonds is 11. The molecule has 0 saturated heterocycles. The van der Waals surface area contributed by atoms with Crippen LogP contribution in [0, 0.1) is 0 Å². The third-order valence-corrected chi connectivity index (χ3v) is 3.59. The molecular formula is C21H27NO4. The number of ketones is 1. The fraction of sp³-hybridized carbons (Fsp3) is 0.381. The highest BCUT2D eigenvalue weighted by atomic mass is 16.5. The van der Waals surface area contributed by atoms with Crippen molar-refractivity contribution in [3.05, 3.63) is 59.7 Å². The monoisotopic (exact) mass is 362 g/mol. The lowest BCUT2D eigenvalue weighted by atomic mass is 10.0. The first-order valence-corrected chi connectivity index (χ1v) is 8.48. The Bertz CT molecular complexity index is 891. The van der Waals surface area contributed by atoms with Gasteiger partial charge in [-0.3, -0.25) is 4.79 Å². The highest BCUT2D eigenvalue weighted by Crippen LogP contribution is 2.26. The zero-order valence-electron chi connectivity index (χ0n) is 19.7. The van der Waals surface area contributed by atoms with Crippen molar-refractivity contribution in [3.63, 3.8) is 0 Å². The van der Waals surface area contributed by atoms with Crippen molar-refractivity contribution in [3.8, 4) is 11.5 Å². The van der Waals surface area contributed by atoms with E-state index < -0.39 is 24.9 Å². The van der Waals surface area contributed by atoms with Crippen molar-refractivity contribution in [2.75, 3.05) is 19.6 Å². The van der Waals surface area contributed by atoms with Gasteiger partial charge in [-0.15, -0.1) is 0 Å². The molecule has 0 bridgehead atoms. The molecule has 2 rings (SSSR count). The Labute approximate surface area is 161 Å². The lowest BCUT2D eigenvalue weighted by molar-refractivity contribution is 0.0950. The molecule has 0 aliphatic heterocycles. The Morgan fingerprint density at radius 2 is 2.08 bits per heavy atom. The number of aromatic hydroxyl groups is 1. The zero-order valence-corrected chi connectivity index (χ0v) is 14.7. The minimum atomic E-state index is -3.37. The number of carbonyl (C=O) groups excluding carboxylic acids is 1. The molecule has 0 aliphatic carbocycles. The van der Waals surface area contributed by atoms with Crippen molar-refractivity contribution in [2.45, 2.75) is 32.3 Å². The molecular weight excluding hydrogens is 330 g/mol. The lowest BCUT2D eigenvalue weighted by Gasteiger charge is -2.15. The molecule has 2 aromatic carbocycles. The molecule has 3 N–H and O–H groups in total. The number of ether oxygens (including phenoxy) is 1. The summed E-state index contributed by atoms with van der Waals surface area (Å²) in [7, 11) is 0. The summed E-state index contributed by atoms with van der Waals surface area (Å²) in [5.41, 5.74) is 0.888. The molecule has 0 amide bonds. The smallest absolute Gasteiger partial charge is 0.166 e. The third-order valence-electron chi connectivity index (χ3n) is 3.59. The highest BCUT2D eigenvalue weighted by Gasteiger charge is 2.15. The number of hydrogen-bond donors (Lipinski definition) is 3. The zero-order chi connectivity index (χ0) is 23.3. The average Bonchev–Trinajstić information content (AvgIpc) is 2.71. The molecule has 0 heterocycles. The van der Waals surface area contributed by atoms with Crippen molar-refractivity contribution < 1.29 is 26.6 Å². The quantitative estimate of drug-likeness (QED) is 0.536. The fourth-order valence-electron chi connectivity index (χ4n) is 2.26. The summed E-state index contributed by atoms with van der Waals surface area (Å²) in [5, 5.41) is 22.5. The summed E-state index contributed by atoms with van der Waals surface area (Å²) < 4.78 is 44.9. The number of phenolic OH excluding ortho intramolecular Hbond substituents is 1. The van der Waals surface area contributed by atoms with E-state index in [-0.39, 0.29) is 30.0 Å². The van der Waals surface area contributed by atoms with Crippen LogP contribution in [-0.4, -0.2) is 41.7 Å². The second kappa shape index (κ2) is 10.6. The van der Waals surface area contributed by atoms with E-state index in [0.29, 0.717) is 12.8 Å². The van der Waals surface area contributed by atoms with Gasteiger partial charge in [0.1, 0.15) is 24.1 Å². The normalized spacial score (nSPS) is 17.1. The van der Waals surface area contributed by atoms with Crippen LogP contribution in [-0.2, 0) is 6.42 Å². The van der Waals surface area contributed by atoms with Gasteiger partial charge in [-0.25, -0.2) is 0 Å². The Morgan fingerprint density at radius 3 is 2.81 bits per heavy atom. The van der Waals surface area contributed by atoms with Crippen molar-refractivity contribution >= 4 is 5.78 Å². The maximum Gasteiger partial charge on any atom is 0.166 e. The summed E-state index contributed by atoms with van der Waals surface area (Å²) in [6, 6.07) is 12.8. The second-order valence-electron chi connectivity index (χ2n) is 5.69. The molecule has 1 atom stereocenters. The number of carbonyl (C=O) groups is 1. The number of benzene rings is 2. The van der Waals surface area contributed by atoms with E-state index in [1.54, 1.807) is 6.92 Å². The number of aryl methyl sites for hydroxylation is 1. The summed E-state index contributed by atoms with van der Waals surface area (Å²) in [5.74, 6) is -1.10. The first-order chi connectivity index (χ1) is 14.4. The molecule has 5 nitrogen and oxygen atoms in total. The Morgan fingerprint density at radius 1 is 1.31 bits per heavy atom. The van der Waals surface area contributed by atoms with Gasteiger partial charge in [-0.2, -0.15) is 0 Å². The van der Waals surface area contributed by atoms with E-state index in [9.17, 15) is 15.0 Å². The largest absolute Gasteiger partial charge is 0.508 e. The summed E-state index contributed by atoms with van der Waals surface area (Å²) >= 11 is 0. The lowest BCUT2D eigenvalue weighted by Crippen LogP contribution is -2.32. The van der Waals surface area contributed by atoms with Gasteiger partial charge in [-0.05, 0) is 37.1 Å². The Hall–Kier alpha value is -2.37. The molecule has 0 aromatic heterocycles. The van der Waals surface area contributed by atoms with Crippen LogP contribution in [0.5, 0.6) is 11.5 Å². The number of aliphatic hydroxyl groups is 1. The summed E-state index contributed by atoms with van der Waals surface area (Å²) in [4.78, 5) is 12.7. The third kappa shape index (κ3) is 6.50. The minimum absolute atomic E-state index is 0.0458. The van der Waals surface area contributed by atoms with Crippen LogP contribution in [0.1, 0.15) is 42.5 Å². The van der Waals surface area contributed by atoms with Crippen LogP contribution in [0.2, 0.25) is 0 Å². The molecule has 26 heavy (non-hydrogen) atoms. The van der Waals surface area contributed by atoms with Gasteiger partial charge in [0.25, 0.3) is 0 Å². The molecule has 0 aliphatic rings. The molecule has 1 unspecified atom stereocenters. The maximum absolute atomic E-state index is 12.7. The topological polar surface area (TPSA) is 78.8 Å². The molecule has 5 heteroatoms. The van der Waals surface area contributed by atoms with E-state index in [2.05, 4.69) is 5.32 Å². The Kier molecular flexibility index (Phi) is 5.61. The predicted octanol–water partition coefficient (Wildman–Crippen LogP) is 2.95. The van der Waals surface area contributed by atoms with E-state index in [4.69, 9.17) is 11.6 Å². The van der Waals surface area contributed by atoms with E-state index in [1.165, 1.54) is 12.1 Å². The van der Waals surface area contributed by atoms with Crippen LogP contribution in [0.4, 0.5) is 0 Å². The first kappa shape index (κ1) is 13.8. The second-order valence-corrected chi connectivity index (χ2v) is 5.69. The number of hydrogen-bond acceptors (Lipinski definition) is 5. The van der Waals surface area contributed by atoms with E-state index in [1.807, 2.05) is 30.3 Å².